The van der Waals surface area contributed by atoms with E-state index in [1.54, 1.807) is 11.9 Å². The van der Waals surface area contributed by atoms with E-state index in [1.807, 2.05) is 48.5 Å². The van der Waals surface area contributed by atoms with Crippen LogP contribution < -0.4 is 5.32 Å². The molecule has 0 fully saturated rings. The van der Waals surface area contributed by atoms with E-state index in [-0.39, 0.29) is 5.91 Å². The molecule has 1 aliphatic rings. The van der Waals surface area contributed by atoms with Gasteiger partial charge in [-0.05, 0) is 24.5 Å². The normalized spacial score (nSPS) is 13.0. The molecule has 0 saturated carbocycles. The van der Waals surface area contributed by atoms with Crippen LogP contribution in [-0.4, -0.2) is 29.6 Å². The number of aromatic nitrogens is 1. The average Bonchev–Trinajstić information content (AvgIpc) is 3.16. The fourth-order valence-corrected chi connectivity index (χ4v) is 3.33. The van der Waals surface area contributed by atoms with E-state index < -0.39 is 0 Å². The van der Waals surface area contributed by atoms with E-state index in [9.17, 15) is 4.79 Å². The number of hydrogen-bond acceptors (Lipinski definition) is 4. The Balaban J connectivity index is 1.51. The van der Waals surface area contributed by atoms with Crippen LogP contribution in [0, 0.1) is 0 Å². The summed E-state index contributed by atoms with van der Waals surface area (Å²) < 4.78 is 5.43. The second kappa shape index (κ2) is 7.04. The first-order valence-corrected chi connectivity index (χ1v) is 8.84. The highest BCUT2D eigenvalue weighted by atomic mass is 16.5. The number of fused-ring (bicyclic) bond motifs is 1. The molecule has 0 bridgehead atoms. The zero-order valence-corrected chi connectivity index (χ0v) is 14.7. The Bertz CT molecular complexity index is 918. The molecule has 0 atom stereocenters. The Morgan fingerprint density at radius 2 is 2.04 bits per heavy atom. The van der Waals surface area contributed by atoms with Gasteiger partial charge in [0.15, 0.2) is 5.76 Å². The summed E-state index contributed by atoms with van der Waals surface area (Å²) in [5.41, 5.74) is 4.67. The molecule has 5 nitrogen and oxygen atoms in total. The van der Waals surface area contributed by atoms with Gasteiger partial charge in [-0.1, -0.05) is 47.6 Å². The molecule has 1 aliphatic heterocycles. The average molecular weight is 347 g/mol. The lowest BCUT2D eigenvalue weighted by Crippen LogP contribution is -2.28. The van der Waals surface area contributed by atoms with Crippen molar-refractivity contribution in [3.05, 3.63) is 71.5 Å². The highest BCUT2D eigenvalue weighted by Gasteiger charge is 2.21. The van der Waals surface area contributed by atoms with Gasteiger partial charge in [-0.2, -0.15) is 0 Å². The summed E-state index contributed by atoms with van der Waals surface area (Å²) in [7, 11) is 1.79. The Morgan fingerprint density at radius 1 is 1.19 bits per heavy atom. The van der Waals surface area contributed by atoms with Crippen LogP contribution in [0.5, 0.6) is 0 Å². The minimum Gasteiger partial charge on any atom is -0.384 e. The van der Waals surface area contributed by atoms with Crippen LogP contribution in [-0.2, 0) is 13.0 Å². The lowest BCUT2D eigenvalue weighted by molar-refractivity contribution is 0.0773. The molecule has 2 aromatic carbocycles. The van der Waals surface area contributed by atoms with Gasteiger partial charge in [0.2, 0.25) is 0 Å². The van der Waals surface area contributed by atoms with Gasteiger partial charge in [0.05, 0.1) is 17.8 Å². The fourth-order valence-electron chi connectivity index (χ4n) is 3.33. The highest BCUT2D eigenvalue weighted by molar-refractivity contribution is 6.00. The molecular weight excluding hydrogens is 326 g/mol. The van der Waals surface area contributed by atoms with Crippen LogP contribution in [0.2, 0.25) is 0 Å². The molecule has 0 aliphatic carbocycles. The lowest BCUT2D eigenvalue weighted by Gasteiger charge is -2.23. The van der Waals surface area contributed by atoms with Gasteiger partial charge in [0, 0.05) is 25.2 Å². The predicted octanol–water partition coefficient (Wildman–Crippen LogP) is 3.97. The quantitative estimate of drug-likeness (QED) is 0.776. The number of rotatable bonds is 4. The summed E-state index contributed by atoms with van der Waals surface area (Å²) in [6, 6.07) is 17.7. The second-order valence-corrected chi connectivity index (χ2v) is 6.58. The number of anilines is 1. The first-order valence-electron chi connectivity index (χ1n) is 8.84. The molecule has 132 valence electrons. The second-order valence-electron chi connectivity index (χ2n) is 6.58. The van der Waals surface area contributed by atoms with Crippen LogP contribution in [0.15, 0.2) is 59.1 Å². The van der Waals surface area contributed by atoms with Crippen molar-refractivity contribution >= 4 is 11.6 Å². The van der Waals surface area contributed by atoms with Crippen molar-refractivity contribution in [2.45, 2.75) is 19.4 Å². The van der Waals surface area contributed by atoms with Crippen LogP contribution in [0.1, 0.15) is 28.1 Å². The van der Waals surface area contributed by atoms with Crippen molar-refractivity contribution < 1.29 is 9.32 Å². The van der Waals surface area contributed by atoms with Crippen molar-refractivity contribution in [1.29, 1.82) is 0 Å². The third kappa shape index (κ3) is 3.20. The molecule has 5 heteroatoms. The summed E-state index contributed by atoms with van der Waals surface area (Å²) in [6.45, 7) is 1.28. The van der Waals surface area contributed by atoms with E-state index in [0.29, 0.717) is 17.9 Å². The number of benzene rings is 2. The Hall–Kier alpha value is -3.08. The topological polar surface area (TPSA) is 58.4 Å². The van der Waals surface area contributed by atoms with E-state index in [2.05, 4.69) is 16.5 Å². The maximum absolute atomic E-state index is 12.9. The molecule has 0 radical (unpaired) electrons. The van der Waals surface area contributed by atoms with Crippen molar-refractivity contribution in [1.82, 2.24) is 10.1 Å². The van der Waals surface area contributed by atoms with Gasteiger partial charge in [0.1, 0.15) is 5.69 Å². The zero-order valence-electron chi connectivity index (χ0n) is 14.7. The van der Waals surface area contributed by atoms with Gasteiger partial charge in [-0.3, -0.25) is 4.79 Å². The largest absolute Gasteiger partial charge is 0.384 e. The third-order valence-corrected chi connectivity index (χ3v) is 4.67. The van der Waals surface area contributed by atoms with Crippen LogP contribution in [0.25, 0.3) is 11.3 Å². The number of para-hydroxylation sites is 1. The number of nitrogens with zero attached hydrogens (tertiary/aromatic N) is 2. The number of aryl methyl sites for hydroxylation is 1. The monoisotopic (exact) mass is 347 g/mol. The number of nitrogens with one attached hydrogen (secondary N) is 1. The fraction of sp³-hybridized carbons (Fsp3) is 0.238. The van der Waals surface area contributed by atoms with Gasteiger partial charge in [0.25, 0.3) is 5.91 Å². The van der Waals surface area contributed by atoms with Crippen LogP contribution in [0.3, 0.4) is 0 Å². The van der Waals surface area contributed by atoms with Crippen LogP contribution in [0.4, 0.5) is 5.69 Å². The number of carbonyl (C=O) groups is 1. The smallest absolute Gasteiger partial charge is 0.256 e. The standard InChI is InChI=1S/C21H21N3O2/c1-24(14-17-13-19(23-26-17)15-7-3-2-4-8-15)21(25)18-11-5-9-16-10-6-12-22-20(16)18/h2-5,7-9,11,13,22H,6,10,12,14H2,1H3. The number of amides is 1. The minimum absolute atomic E-state index is 0.0195. The Morgan fingerprint density at radius 3 is 2.88 bits per heavy atom. The maximum Gasteiger partial charge on any atom is 0.256 e. The summed E-state index contributed by atoms with van der Waals surface area (Å²) in [5, 5.41) is 7.49. The molecule has 0 unspecified atom stereocenters. The van der Waals surface area contributed by atoms with Gasteiger partial charge in [-0.25, -0.2) is 0 Å². The predicted molar refractivity (Wildman–Crippen MR) is 101 cm³/mol. The SMILES string of the molecule is CN(Cc1cc(-c2ccccc2)no1)C(=O)c1cccc2c1NCCC2. The summed E-state index contributed by atoms with van der Waals surface area (Å²) in [6.07, 6.45) is 2.11. The molecule has 1 N–H and O–H groups in total. The Labute approximate surface area is 152 Å². The summed E-state index contributed by atoms with van der Waals surface area (Å²) in [4.78, 5) is 14.6. The summed E-state index contributed by atoms with van der Waals surface area (Å²) in [5.74, 6) is 0.645. The van der Waals surface area contributed by atoms with Crippen molar-refractivity contribution in [2.75, 3.05) is 18.9 Å². The lowest BCUT2D eigenvalue weighted by atomic mass is 9.99. The van der Waals surface area contributed by atoms with E-state index in [1.165, 1.54) is 5.56 Å². The van der Waals surface area contributed by atoms with Crippen molar-refractivity contribution in [3.63, 3.8) is 0 Å². The highest BCUT2D eigenvalue weighted by Crippen LogP contribution is 2.27. The summed E-state index contributed by atoms with van der Waals surface area (Å²) >= 11 is 0. The molecule has 0 saturated heterocycles. The third-order valence-electron chi connectivity index (χ3n) is 4.67. The molecule has 1 amide bonds. The molecule has 4 rings (SSSR count). The van der Waals surface area contributed by atoms with Gasteiger partial charge in [-0.15, -0.1) is 0 Å². The maximum atomic E-state index is 12.9. The van der Waals surface area contributed by atoms with E-state index >= 15 is 0 Å². The van der Waals surface area contributed by atoms with Gasteiger partial charge >= 0.3 is 0 Å². The molecule has 26 heavy (non-hydrogen) atoms. The van der Waals surface area contributed by atoms with E-state index in [4.69, 9.17) is 4.52 Å². The van der Waals surface area contributed by atoms with Crippen LogP contribution >= 0.6 is 0 Å². The minimum atomic E-state index is -0.0195. The molecule has 2 heterocycles. The zero-order chi connectivity index (χ0) is 17.9. The van der Waals surface area contributed by atoms with Crippen molar-refractivity contribution in [3.8, 4) is 11.3 Å². The van der Waals surface area contributed by atoms with Gasteiger partial charge < -0.3 is 14.7 Å². The van der Waals surface area contributed by atoms with Crippen molar-refractivity contribution in [2.24, 2.45) is 0 Å². The molecule has 0 spiro atoms. The molecular formula is C21H21N3O2. The Kier molecular flexibility index (Phi) is 4.44. The first kappa shape index (κ1) is 16.4. The number of hydrogen-bond donors (Lipinski definition) is 1. The molecule has 3 aromatic rings. The van der Waals surface area contributed by atoms with E-state index in [0.717, 1.165) is 36.3 Å². The number of carbonyl (C=O) groups excluding carboxylic acids is 1. The first-order chi connectivity index (χ1) is 12.7. The molecule has 1 aromatic heterocycles.